The van der Waals surface area contributed by atoms with Crippen LogP contribution in [-0.4, -0.2) is 46.9 Å². The van der Waals surface area contributed by atoms with Crippen LogP contribution in [0.1, 0.15) is 290 Å². The summed E-state index contributed by atoms with van der Waals surface area (Å²) in [6, 6.07) is -0.699. The van der Waals surface area contributed by atoms with Gasteiger partial charge in [-0.15, -0.1) is 0 Å². The van der Waals surface area contributed by atoms with Crippen LogP contribution in [0.25, 0.3) is 0 Å². The van der Waals surface area contributed by atoms with Crippen LogP contribution in [0, 0.1) is 0 Å². The second-order valence-electron chi connectivity index (χ2n) is 18.6. The number of hydrogen-bond acceptors (Lipinski definition) is 5. The Kier molecular flexibility index (Phi) is 48.0. The number of unbranched alkanes of at least 4 members (excludes halogenated alkanes) is 33. The van der Waals surface area contributed by atoms with Crippen molar-refractivity contribution < 1.29 is 24.5 Å². The Hall–Kier alpha value is -1.66. The lowest BCUT2D eigenvalue weighted by Gasteiger charge is -2.24. The Morgan fingerprint density at radius 3 is 1.28 bits per heavy atom. The van der Waals surface area contributed by atoms with E-state index in [-0.39, 0.29) is 24.9 Å². The third-order valence-corrected chi connectivity index (χ3v) is 12.5. The van der Waals surface area contributed by atoms with Crippen LogP contribution in [0.4, 0.5) is 0 Å². The molecule has 360 valence electrons. The Bertz CT molecular complexity index is 966. The predicted molar refractivity (Wildman–Crippen MR) is 264 cm³/mol. The van der Waals surface area contributed by atoms with E-state index >= 15 is 0 Å². The first-order chi connectivity index (χ1) is 30.0. The first-order valence-corrected chi connectivity index (χ1v) is 27.1. The topological polar surface area (TPSA) is 95.9 Å². The first-order valence-electron chi connectivity index (χ1n) is 27.1. The van der Waals surface area contributed by atoms with E-state index in [1.165, 1.54) is 180 Å². The molecule has 0 spiro atoms. The molecule has 0 bridgehead atoms. The number of carbonyl (C=O) groups excluding carboxylic acids is 2. The molecule has 0 fully saturated rings. The van der Waals surface area contributed by atoms with Gasteiger partial charge in [0.05, 0.1) is 25.2 Å². The fourth-order valence-corrected chi connectivity index (χ4v) is 8.40. The van der Waals surface area contributed by atoms with Gasteiger partial charge in [-0.2, -0.15) is 0 Å². The molecule has 61 heavy (non-hydrogen) atoms. The summed E-state index contributed by atoms with van der Waals surface area (Å²) >= 11 is 0. The Balaban J connectivity index is 4.56. The van der Waals surface area contributed by atoms with Gasteiger partial charge in [-0.1, -0.05) is 244 Å². The minimum Gasteiger partial charge on any atom is -0.462 e. The van der Waals surface area contributed by atoms with Gasteiger partial charge in [0.1, 0.15) is 6.10 Å². The maximum atomic E-state index is 13.2. The average Bonchev–Trinajstić information content (AvgIpc) is 3.25. The molecule has 6 nitrogen and oxygen atoms in total. The Morgan fingerprint density at radius 1 is 0.475 bits per heavy atom. The standard InChI is InChI=1S/C55H105NO5/c1-4-7-10-13-16-19-22-25-26-27-28-30-31-34-37-40-43-46-51(61-55(60)48-45-42-39-36-33-29-23-20-17-14-11-8-5-2)49-54(59)56-52(50-57)53(58)47-44-41-38-35-32-24-21-18-15-12-9-6-3/h16,19,25-26,51-53,57-58H,4-15,17-18,20-24,27-50H2,1-3H3,(H,56,59)/b19-16-,26-25-. The third kappa shape index (κ3) is 44.7. The Morgan fingerprint density at radius 2 is 0.836 bits per heavy atom. The van der Waals surface area contributed by atoms with Crippen molar-refractivity contribution in [3.05, 3.63) is 24.3 Å². The summed E-state index contributed by atoms with van der Waals surface area (Å²) in [7, 11) is 0. The van der Waals surface area contributed by atoms with Crippen molar-refractivity contribution >= 4 is 11.9 Å². The van der Waals surface area contributed by atoms with Gasteiger partial charge in [0.15, 0.2) is 0 Å². The van der Waals surface area contributed by atoms with Crippen molar-refractivity contribution in [2.45, 2.75) is 309 Å². The zero-order valence-corrected chi connectivity index (χ0v) is 41.1. The number of hydrogen-bond donors (Lipinski definition) is 3. The van der Waals surface area contributed by atoms with Crippen molar-refractivity contribution in [2.75, 3.05) is 6.61 Å². The lowest BCUT2D eigenvalue weighted by atomic mass is 10.0. The molecule has 0 rings (SSSR count). The molecule has 1 amide bonds. The summed E-state index contributed by atoms with van der Waals surface area (Å²) in [5, 5.41) is 23.8. The number of allylic oxidation sites excluding steroid dienone is 4. The molecule has 0 radical (unpaired) electrons. The minimum absolute atomic E-state index is 0.0777. The molecule has 0 aromatic rings. The summed E-state index contributed by atoms with van der Waals surface area (Å²) in [6.45, 7) is 6.48. The number of rotatable bonds is 49. The highest BCUT2D eigenvalue weighted by Gasteiger charge is 2.24. The van der Waals surface area contributed by atoms with E-state index in [2.05, 4.69) is 50.4 Å². The van der Waals surface area contributed by atoms with Gasteiger partial charge in [-0.25, -0.2) is 0 Å². The van der Waals surface area contributed by atoms with Gasteiger partial charge in [0.25, 0.3) is 0 Å². The lowest BCUT2D eigenvalue weighted by molar-refractivity contribution is -0.151. The van der Waals surface area contributed by atoms with Gasteiger partial charge in [-0.05, 0) is 57.8 Å². The summed E-state index contributed by atoms with van der Waals surface area (Å²) < 4.78 is 5.95. The van der Waals surface area contributed by atoms with Gasteiger partial charge < -0.3 is 20.3 Å². The van der Waals surface area contributed by atoms with E-state index in [9.17, 15) is 19.8 Å². The van der Waals surface area contributed by atoms with Crippen LogP contribution in [0.5, 0.6) is 0 Å². The summed E-state index contributed by atoms with van der Waals surface area (Å²) in [5.74, 6) is -0.466. The zero-order valence-electron chi connectivity index (χ0n) is 41.1. The lowest BCUT2D eigenvalue weighted by Crippen LogP contribution is -2.46. The predicted octanol–water partition coefficient (Wildman–Crippen LogP) is 16.3. The Labute approximate surface area is 380 Å². The maximum absolute atomic E-state index is 13.2. The molecule has 3 atom stereocenters. The molecule has 0 aromatic carbocycles. The van der Waals surface area contributed by atoms with Crippen molar-refractivity contribution in [3.63, 3.8) is 0 Å². The third-order valence-electron chi connectivity index (χ3n) is 12.5. The van der Waals surface area contributed by atoms with Crippen LogP contribution < -0.4 is 5.32 Å². The van der Waals surface area contributed by atoms with Crippen LogP contribution in [0.3, 0.4) is 0 Å². The first kappa shape index (κ1) is 59.3. The molecule has 6 heteroatoms. The van der Waals surface area contributed by atoms with Crippen molar-refractivity contribution in [1.82, 2.24) is 5.32 Å². The minimum atomic E-state index is -0.785. The molecule has 0 aliphatic heterocycles. The van der Waals surface area contributed by atoms with E-state index in [0.717, 1.165) is 64.2 Å². The highest BCUT2D eigenvalue weighted by Crippen LogP contribution is 2.18. The molecule has 3 N–H and O–H groups in total. The highest BCUT2D eigenvalue weighted by molar-refractivity contribution is 5.77. The summed E-state index contributed by atoms with van der Waals surface area (Å²) in [6.07, 6.45) is 56.6. The van der Waals surface area contributed by atoms with E-state index < -0.39 is 18.2 Å². The maximum Gasteiger partial charge on any atom is 0.306 e. The van der Waals surface area contributed by atoms with Crippen LogP contribution >= 0.6 is 0 Å². The van der Waals surface area contributed by atoms with Crippen molar-refractivity contribution in [1.29, 1.82) is 0 Å². The average molecular weight is 860 g/mol. The quantitative estimate of drug-likeness (QED) is 0.0322. The summed E-state index contributed by atoms with van der Waals surface area (Å²) in [5.41, 5.74) is 0. The smallest absolute Gasteiger partial charge is 0.306 e. The number of carbonyl (C=O) groups is 2. The van der Waals surface area contributed by atoms with Gasteiger partial charge in [0.2, 0.25) is 5.91 Å². The molecule has 0 aliphatic rings. The molecular weight excluding hydrogens is 755 g/mol. The van der Waals surface area contributed by atoms with Gasteiger partial charge >= 0.3 is 5.97 Å². The zero-order chi connectivity index (χ0) is 44.5. The van der Waals surface area contributed by atoms with E-state index in [1.54, 1.807) is 0 Å². The van der Waals surface area contributed by atoms with Crippen LogP contribution in [-0.2, 0) is 14.3 Å². The number of amides is 1. The SMILES string of the molecule is CCCCC/C=C\C/C=C\CCCCCCCCCC(CC(=O)NC(CO)C(O)CCCCCCCCCCCCCC)OC(=O)CCCCCCCCCCCCCCC. The molecule has 3 unspecified atom stereocenters. The van der Waals surface area contributed by atoms with E-state index in [1.807, 2.05) is 0 Å². The fourth-order valence-electron chi connectivity index (χ4n) is 8.40. The van der Waals surface area contributed by atoms with Crippen LogP contribution in [0.2, 0.25) is 0 Å². The number of esters is 1. The number of ether oxygens (including phenoxy) is 1. The highest BCUT2D eigenvalue weighted by atomic mass is 16.5. The molecular formula is C55H105NO5. The molecule has 0 saturated heterocycles. The molecule has 0 heterocycles. The van der Waals surface area contributed by atoms with E-state index in [4.69, 9.17) is 4.74 Å². The second-order valence-corrected chi connectivity index (χ2v) is 18.6. The number of aliphatic hydroxyl groups is 2. The second kappa shape index (κ2) is 49.4. The van der Waals surface area contributed by atoms with Crippen LogP contribution in [0.15, 0.2) is 24.3 Å². The monoisotopic (exact) mass is 860 g/mol. The normalized spacial score (nSPS) is 13.3. The molecule has 0 aromatic heterocycles. The molecule has 0 saturated carbocycles. The molecule has 0 aliphatic carbocycles. The summed E-state index contributed by atoms with van der Waals surface area (Å²) in [4.78, 5) is 26.2. The van der Waals surface area contributed by atoms with Gasteiger partial charge in [-0.3, -0.25) is 9.59 Å². The number of nitrogens with one attached hydrogen (secondary N) is 1. The number of aliphatic hydroxyl groups excluding tert-OH is 2. The largest absolute Gasteiger partial charge is 0.462 e. The van der Waals surface area contributed by atoms with E-state index in [0.29, 0.717) is 19.3 Å². The van der Waals surface area contributed by atoms with Crippen molar-refractivity contribution in [3.8, 4) is 0 Å². The fraction of sp³-hybridized carbons (Fsp3) is 0.891. The van der Waals surface area contributed by atoms with Gasteiger partial charge in [0, 0.05) is 6.42 Å². The van der Waals surface area contributed by atoms with Crippen molar-refractivity contribution in [2.24, 2.45) is 0 Å².